The van der Waals surface area contributed by atoms with Crippen LogP contribution in [0.25, 0.3) is 0 Å². The topological polar surface area (TPSA) is 84.2 Å². The van der Waals surface area contributed by atoms with Gasteiger partial charge in [-0.1, -0.05) is 0 Å². The minimum absolute atomic E-state index is 0.363. The Bertz CT molecular complexity index is 563. The Labute approximate surface area is 103 Å². The molecule has 2 aromatic rings. The molecule has 0 saturated carbocycles. The van der Waals surface area contributed by atoms with Crippen molar-refractivity contribution in [1.82, 2.24) is 15.8 Å². The van der Waals surface area contributed by atoms with Crippen molar-refractivity contribution in [2.24, 2.45) is 0 Å². The lowest BCUT2D eigenvalue weighted by molar-refractivity contribution is 0.0845. The number of carbonyl (C=O) groups excluding carboxylic acids is 2. The van der Waals surface area contributed by atoms with Gasteiger partial charge in [-0.3, -0.25) is 25.4 Å². The molecule has 0 aliphatic carbocycles. The molecule has 18 heavy (non-hydrogen) atoms. The van der Waals surface area contributed by atoms with Crippen LogP contribution in [0.4, 0.5) is 0 Å². The Morgan fingerprint density at radius 3 is 2.61 bits per heavy atom. The van der Waals surface area contributed by atoms with Crippen LogP contribution in [0.2, 0.25) is 0 Å². The van der Waals surface area contributed by atoms with E-state index in [4.69, 9.17) is 4.42 Å². The summed E-state index contributed by atoms with van der Waals surface area (Å²) in [5.74, 6) is -0.376. The van der Waals surface area contributed by atoms with Crippen LogP contribution >= 0.6 is 0 Å². The summed E-state index contributed by atoms with van der Waals surface area (Å²) in [6, 6.07) is 4.76. The molecule has 0 atom stereocenters. The maximum Gasteiger partial charge on any atom is 0.273 e. The van der Waals surface area contributed by atoms with E-state index in [2.05, 4.69) is 15.8 Å². The first-order chi connectivity index (χ1) is 8.68. The number of nitrogens with one attached hydrogen (secondary N) is 2. The highest BCUT2D eigenvalue weighted by atomic mass is 16.3. The molecule has 92 valence electrons. The van der Waals surface area contributed by atoms with E-state index >= 15 is 0 Å². The summed E-state index contributed by atoms with van der Waals surface area (Å²) in [4.78, 5) is 27.1. The van der Waals surface area contributed by atoms with E-state index < -0.39 is 11.8 Å². The maximum absolute atomic E-state index is 11.7. The standard InChI is InChI=1S/C12H11N3O3/c1-8-10(4-6-18-8)12(17)15-14-11(16)9-3-2-5-13-7-9/h2-7H,1H3,(H,14,16)(H,15,17). The normalized spacial score (nSPS) is 9.83. The molecule has 2 heterocycles. The molecule has 0 bridgehead atoms. The largest absolute Gasteiger partial charge is 0.469 e. The number of rotatable bonds is 2. The number of hydrogen-bond acceptors (Lipinski definition) is 4. The molecule has 6 heteroatoms. The SMILES string of the molecule is Cc1occc1C(=O)NNC(=O)c1cccnc1. The fourth-order valence-corrected chi connectivity index (χ4v) is 1.37. The van der Waals surface area contributed by atoms with E-state index in [1.165, 1.54) is 18.5 Å². The van der Waals surface area contributed by atoms with Crippen molar-refractivity contribution in [1.29, 1.82) is 0 Å². The molecule has 0 aliphatic rings. The van der Waals surface area contributed by atoms with Crippen LogP contribution in [0.15, 0.2) is 41.3 Å². The Kier molecular flexibility index (Phi) is 3.38. The van der Waals surface area contributed by atoms with E-state index in [-0.39, 0.29) is 0 Å². The summed E-state index contributed by atoms with van der Waals surface area (Å²) in [6.45, 7) is 1.66. The minimum Gasteiger partial charge on any atom is -0.469 e. The Morgan fingerprint density at radius 1 is 1.22 bits per heavy atom. The van der Waals surface area contributed by atoms with Gasteiger partial charge < -0.3 is 4.42 Å². The zero-order chi connectivity index (χ0) is 13.0. The van der Waals surface area contributed by atoms with E-state index in [9.17, 15) is 9.59 Å². The first kappa shape index (κ1) is 11.8. The molecule has 0 fully saturated rings. The lowest BCUT2D eigenvalue weighted by atomic mass is 10.2. The van der Waals surface area contributed by atoms with Crippen molar-refractivity contribution < 1.29 is 14.0 Å². The molecular formula is C12H11N3O3. The Balaban J connectivity index is 1.95. The van der Waals surface area contributed by atoms with Crippen LogP contribution in [0, 0.1) is 6.92 Å². The molecule has 0 saturated heterocycles. The monoisotopic (exact) mass is 245 g/mol. The highest BCUT2D eigenvalue weighted by molar-refractivity contribution is 5.99. The van der Waals surface area contributed by atoms with Gasteiger partial charge in [-0.25, -0.2) is 0 Å². The van der Waals surface area contributed by atoms with E-state index in [0.717, 1.165) is 0 Å². The van der Waals surface area contributed by atoms with Gasteiger partial charge in [0.15, 0.2) is 0 Å². The number of amides is 2. The average Bonchev–Trinajstić information content (AvgIpc) is 2.83. The zero-order valence-corrected chi connectivity index (χ0v) is 9.64. The second kappa shape index (κ2) is 5.13. The maximum atomic E-state index is 11.7. The summed E-state index contributed by atoms with van der Waals surface area (Å²) in [5, 5.41) is 0. The van der Waals surface area contributed by atoms with Crippen LogP contribution in [-0.4, -0.2) is 16.8 Å². The Morgan fingerprint density at radius 2 is 2.00 bits per heavy atom. The molecule has 0 aliphatic heterocycles. The van der Waals surface area contributed by atoms with Crippen LogP contribution in [0.5, 0.6) is 0 Å². The number of aryl methyl sites for hydroxylation is 1. The second-order valence-corrected chi connectivity index (χ2v) is 3.54. The van der Waals surface area contributed by atoms with Crippen molar-refractivity contribution in [3.8, 4) is 0 Å². The number of pyridine rings is 1. The number of carbonyl (C=O) groups is 2. The number of aromatic nitrogens is 1. The first-order valence-electron chi connectivity index (χ1n) is 5.23. The summed E-state index contributed by atoms with van der Waals surface area (Å²) in [6.07, 6.45) is 4.38. The molecule has 2 amide bonds. The molecule has 0 spiro atoms. The highest BCUT2D eigenvalue weighted by Gasteiger charge is 2.12. The van der Waals surface area contributed by atoms with Gasteiger partial charge in [0.25, 0.3) is 11.8 Å². The van der Waals surface area contributed by atoms with Crippen molar-refractivity contribution in [2.75, 3.05) is 0 Å². The van der Waals surface area contributed by atoms with E-state index in [1.807, 2.05) is 0 Å². The highest BCUT2D eigenvalue weighted by Crippen LogP contribution is 2.07. The quantitative estimate of drug-likeness (QED) is 0.775. The number of hydrazine groups is 1. The molecule has 0 aromatic carbocycles. The van der Waals surface area contributed by atoms with Gasteiger partial charge in [-0.15, -0.1) is 0 Å². The number of furan rings is 1. The fraction of sp³-hybridized carbons (Fsp3) is 0.0833. The third-order valence-electron chi connectivity index (χ3n) is 2.32. The van der Waals surface area contributed by atoms with Crippen LogP contribution < -0.4 is 10.9 Å². The summed E-state index contributed by atoms with van der Waals surface area (Å²) >= 11 is 0. The summed E-state index contributed by atoms with van der Waals surface area (Å²) in [7, 11) is 0. The van der Waals surface area contributed by atoms with E-state index in [0.29, 0.717) is 16.9 Å². The lowest BCUT2D eigenvalue weighted by Gasteiger charge is -2.06. The predicted molar refractivity (Wildman–Crippen MR) is 62.6 cm³/mol. The molecule has 6 nitrogen and oxygen atoms in total. The summed E-state index contributed by atoms with van der Waals surface area (Å²) < 4.78 is 4.99. The fourth-order valence-electron chi connectivity index (χ4n) is 1.37. The molecule has 0 radical (unpaired) electrons. The molecule has 2 aromatic heterocycles. The van der Waals surface area contributed by atoms with Crippen molar-refractivity contribution in [2.45, 2.75) is 6.92 Å². The van der Waals surface area contributed by atoms with Gasteiger partial charge >= 0.3 is 0 Å². The van der Waals surface area contributed by atoms with Gasteiger partial charge in [0, 0.05) is 12.4 Å². The van der Waals surface area contributed by atoms with E-state index in [1.54, 1.807) is 25.3 Å². The molecule has 0 unspecified atom stereocenters. The van der Waals surface area contributed by atoms with Gasteiger partial charge in [0.2, 0.25) is 0 Å². The lowest BCUT2D eigenvalue weighted by Crippen LogP contribution is -2.41. The number of hydrogen-bond donors (Lipinski definition) is 2. The first-order valence-corrected chi connectivity index (χ1v) is 5.23. The molecule has 2 rings (SSSR count). The van der Waals surface area contributed by atoms with Gasteiger partial charge in [0.1, 0.15) is 5.76 Å². The van der Waals surface area contributed by atoms with Crippen molar-refractivity contribution in [3.05, 3.63) is 53.7 Å². The molecular weight excluding hydrogens is 234 g/mol. The Hall–Kier alpha value is -2.63. The van der Waals surface area contributed by atoms with Crippen LogP contribution in [0.3, 0.4) is 0 Å². The van der Waals surface area contributed by atoms with Crippen LogP contribution in [0.1, 0.15) is 26.5 Å². The minimum atomic E-state index is -0.433. The second-order valence-electron chi connectivity index (χ2n) is 3.54. The van der Waals surface area contributed by atoms with Crippen LogP contribution in [-0.2, 0) is 0 Å². The zero-order valence-electron chi connectivity index (χ0n) is 9.64. The average molecular weight is 245 g/mol. The predicted octanol–water partition coefficient (Wildman–Crippen LogP) is 1.06. The van der Waals surface area contributed by atoms with Gasteiger partial charge in [-0.2, -0.15) is 0 Å². The smallest absolute Gasteiger partial charge is 0.273 e. The van der Waals surface area contributed by atoms with Crippen molar-refractivity contribution >= 4 is 11.8 Å². The van der Waals surface area contributed by atoms with Crippen molar-refractivity contribution in [3.63, 3.8) is 0 Å². The third kappa shape index (κ3) is 2.54. The van der Waals surface area contributed by atoms with Gasteiger partial charge in [-0.05, 0) is 25.1 Å². The third-order valence-corrected chi connectivity index (χ3v) is 2.32. The number of nitrogens with zero attached hydrogens (tertiary/aromatic N) is 1. The summed E-state index contributed by atoms with van der Waals surface area (Å²) in [5.41, 5.74) is 5.33. The molecule has 2 N–H and O–H groups in total. The van der Waals surface area contributed by atoms with Gasteiger partial charge in [0.05, 0.1) is 17.4 Å².